The number of hydrogen-bond donors (Lipinski definition) is 5. The molecular formula is C19H20N8O5. The van der Waals surface area contributed by atoms with Crippen molar-refractivity contribution in [1.82, 2.24) is 25.3 Å². The fourth-order valence-electron chi connectivity index (χ4n) is 2.88. The zero-order valence-electron chi connectivity index (χ0n) is 16.9. The molecule has 1 aromatic carbocycles. The van der Waals surface area contributed by atoms with E-state index in [2.05, 4.69) is 25.3 Å². The average Bonchev–Trinajstić information content (AvgIpc) is 2.73. The lowest BCUT2D eigenvalue weighted by molar-refractivity contribution is -0.145. The summed E-state index contributed by atoms with van der Waals surface area (Å²) >= 11 is 0. The molecule has 1 atom stereocenters. The highest BCUT2D eigenvalue weighted by atomic mass is 16.4. The Kier molecular flexibility index (Phi) is 6.28. The summed E-state index contributed by atoms with van der Waals surface area (Å²) in [5.74, 6) is -3.31. The van der Waals surface area contributed by atoms with Crippen LogP contribution in [-0.2, 0) is 16.1 Å². The summed E-state index contributed by atoms with van der Waals surface area (Å²) in [6, 6.07) is 4.80. The largest absolute Gasteiger partial charge is 0.481 e. The van der Waals surface area contributed by atoms with Crippen LogP contribution in [0.5, 0.6) is 0 Å². The van der Waals surface area contributed by atoms with Gasteiger partial charge in [-0.2, -0.15) is 9.97 Å². The molecule has 0 aliphatic heterocycles. The van der Waals surface area contributed by atoms with Gasteiger partial charge in [0.1, 0.15) is 6.04 Å². The first-order chi connectivity index (χ1) is 15.1. The lowest BCUT2D eigenvalue weighted by Gasteiger charge is -2.19. The molecule has 0 radical (unpaired) electrons. The van der Waals surface area contributed by atoms with E-state index < -0.39 is 30.3 Å². The van der Waals surface area contributed by atoms with E-state index in [0.717, 1.165) is 5.69 Å². The molecule has 2 aromatic heterocycles. The predicted molar refractivity (Wildman–Crippen MR) is 114 cm³/mol. The highest BCUT2D eigenvalue weighted by Crippen LogP contribution is 2.18. The average molecular weight is 440 g/mol. The Morgan fingerprint density at radius 1 is 1.09 bits per heavy atom. The number of carboxylic acid groups (broad SMARTS) is 2. The fourth-order valence-corrected chi connectivity index (χ4v) is 2.88. The Balaban J connectivity index is 1.70. The fraction of sp³-hybridized carbons (Fsp3) is 0.211. The highest BCUT2D eigenvalue weighted by Gasteiger charge is 2.23. The van der Waals surface area contributed by atoms with E-state index in [4.69, 9.17) is 21.7 Å². The second-order valence-corrected chi connectivity index (χ2v) is 6.87. The van der Waals surface area contributed by atoms with Gasteiger partial charge in [0.2, 0.25) is 5.95 Å². The summed E-state index contributed by atoms with van der Waals surface area (Å²) in [5, 5.41) is 20.0. The molecule has 0 unspecified atom stereocenters. The molecule has 0 spiro atoms. The molecule has 1 amide bonds. The van der Waals surface area contributed by atoms with Crippen LogP contribution in [0.1, 0.15) is 22.5 Å². The van der Waals surface area contributed by atoms with Gasteiger partial charge in [-0.15, -0.1) is 0 Å². The smallest absolute Gasteiger partial charge is 0.326 e. The van der Waals surface area contributed by atoms with Crippen molar-refractivity contribution in [2.45, 2.75) is 19.0 Å². The highest BCUT2D eigenvalue weighted by molar-refractivity contribution is 5.97. The number of aromatic nitrogens is 4. The van der Waals surface area contributed by atoms with Crippen LogP contribution >= 0.6 is 0 Å². The monoisotopic (exact) mass is 440 g/mol. The van der Waals surface area contributed by atoms with Gasteiger partial charge in [-0.25, -0.2) is 14.8 Å². The van der Waals surface area contributed by atoms with Crippen LogP contribution in [0.4, 0.5) is 17.5 Å². The van der Waals surface area contributed by atoms with E-state index >= 15 is 0 Å². The van der Waals surface area contributed by atoms with Crippen molar-refractivity contribution in [3.05, 3.63) is 41.7 Å². The van der Waals surface area contributed by atoms with Crippen LogP contribution in [0.15, 0.2) is 30.5 Å². The molecule has 0 aliphatic carbocycles. The first-order valence-corrected chi connectivity index (χ1v) is 9.25. The lowest BCUT2D eigenvalue weighted by atomic mass is 10.1. The number of benzene rings is 1. The van der Waals surface area contributed by atoms with Crippen molar-refractivity contribution in [2.24, 2.45) is 0 Å². The number of carbonyl (C=O) groups excluding carboxylic acids is 1. The first kappa shape index (κ1) is 22.1. The number of amides is 1. The summed E-state index contributed by atoms with van der Waals surface area (Å²) in [6.45, 7) is 0.359. The summed E-state index contributed by atoms with van der Waals surface area (Å²) in [6.07, 6.45) is 0.817. The number of carbonyl (C=O) groups is 3. The van der Waals surface area contributed by atoms with Gasteiger partial charge in [-0.1, -0.05) is 0 Å². The number of nitrogen functional groups attached to an aromatic ring is 2. The van der Waals surface area contributed by atoms with Crippen LogP contribution < -0.4 is 21.7 Å². The predicted octanol–water partition coefficient (Wildman–Crippen LogP) is -0.122. The van der Waals surface area contributed by atoms with Gasteiger partial charge < -0.3 is 31.9 Å². The van der Waals surface area contributed by atoms with Gasteiger partial charge in [-0.05, 0) is 24.3 Å². The molecule has 13 heteroatoms. The van der Waals surface area contributed by atoms with Crippen LogP contribution in [0.25, 0.3) is 11.2 Å². The van der Waals surface area contributed by atoms with Gasteiger partial charge in [0.15, 0.2) is 17.0 Å². The van der Waals surface area contributed by atoms with Gasteiger partial charge in [0.05, 0.1) is 24.9 Å². The zero-order valence-corrected chi connectivity index (χ0v) is 16.9. The quantitative estimate of drug-likeness (QED) is 0.310. The minimum absolute atomic E-state index is 0.0101. The summed E-state index contributed by atoms with van der Waals surface area (Å²) in [7, 11) is 1.80. The topological polar surface area (TPSA) is 211 Å². The number of hydrogen-bond acceptors (Lipinski definition) is 10. The number of nitrogens with two attached hydrogens (primary N) is 2. The zero-order chi connectivity index (χ0) is 23.4. The molecule has 0 bridgehead atoms. The van der Waals surface area contributed by atoms with E-state index in [9.17, 15) is 14.4 Å². The molecule has 3 aromatic rings. The van der Waals surface area contributed by atoms with Crippen molar-refractivity contribution >= 4 is 46.5 Å². The van der Waals surface area contributed by atoms with Crippen molar-refractivity contribution in [1.29, 1.82) is 0 Å². The van der Waals surface area contributed by atoms with Gasteiger partial charge >= 0.3 is 11.9 Å². The Morgan fingerprint density at radius 3 is 2.41 bits per heavy atom. The Hall–Kier alpha value is -4.55. The maximum Gasteiger partial charge on any atom is 0.326 e. The molecule has 2 heterocycles. The number of carboxylic acids is 2. The molecule has 32 heavy (non-hydrogen) atoms. The molecule has 13 nitrogen and oxygen atoms in total. The van der Waals surface area contributed by atoms with Gasteiger partial charge in [0.25, 0.3) is 5.91 Å². The minimum atomic E-state index is -1.53. The summed E-state index contributed by atoms with van der Waals surface area (Å²) in [5.41, 5.74) is 13.5. The third-order valence-corrected chi connectivity index (χ3v) is 4.45. The Labute approximate surface area is 181 Å². The third-order valence-electron chi connectivity index (χ3n) is 4.45. The van der Waals surface area contributed by atoms with Gasteiger partial charge in [0, 0.05) is 18.3 Å². The standard InChI is InChI=1S/C19H20N8O5/c1-27(8-10-7-22-16-14(23-10)15(20)25-19(21)26-16)11-4-2-9(3-5-11)17(30)24-12(18(31)32)6-13(28)29/h2-5,7,12H,6,8H2,1H3,(H,24,30)(H,28,29)(H,31,32)(H4,20,21,22,25,26)/t12-/m0/s1. The molecule has 0 saturated carbocycles. The minimum Gasteiger partial charge on any atom is -0.481 e. The maximum atomic E-state index is 12.3. The number of nitrogens with zero attached hydrogens (tertiary/aromatic N) is 5. The lowest BCUT2D eigenvalue weighted by Crippen LogP contribution is -2.42. The number of aliphatic carboxylic acids is 2. The molecule has 0 fully saturated rings. The number of anilines is 3. The van der Waals surface area contributed by atoms with Crippen molar-refractivity contribution in [3.8, 4) is 0 Å². The second-order valence-electron chi connectivity index (χ2n) is 6.87. The number of fused-ring (bicyclic) bond motifs is 1. The van der Waals surface area contributed by atoms with Crippen LogP contribution in [0.3, 0.4) is 0 Å². The van der Waals surface area contributed by atoms with E-state index in [1.165, 1.54) is 12.1 Å². The number of nitrogens with one attached hydrogen (secondary N) is 1. The molecule has 7 N–H and O–H groups in total. The van der Waals surface area contributed by atoms with Crippen molar-refractivity contribution < 1.29 is 24.6 Å². The van der Waals surface area contributed by atoms with Crippen LogP contribution in [0.2, 0.25) is 0 Å². The summed E-state index contributed by atoms with van der Waals surface area (Å²) < 4.78 is 0. The van der Waals surface area contributed by atoms with Crippen molar-refractivity contribution in [3.63, 3.8) is 0 Å². The molecule has 0 saturated heterocycles. The van der Waals surface area contributed by atoms with E-state index in [1.807, 2.05) is 4.90 Å². The Bertz CT molecular complexity index is 1180. The molecule has 0 aliphatic rings. The first-order valence-electron chi connectivity index (χ1n) is 9.25. The van der Waals surface area contributed by atoms with E-state index in [-0.39, 0.29) is 17.3 Å². The molecule has 3 rings (SSSR count). The van der Waals surface area contributed by atoms with Crippen LogP contribution in [0, 0.1) is 0 Å². The van der Waals surface area contributed by atoms with Crippen molar-refractivity contribution in [2.75, 3.05) is 23.4 Å². The van der Waals surface area contributed by atoms with Gasteiger partial charge in [-0.3, -0.25) is 9.59 Å². The number of rotatable bonds is 8. The molecule has 166 valence electrons. The van der Waals surface area contributed by atoms with Crippen LogP contribution in [-0.4, -0.2) is 61.1 Å². The summed E-state index contributed by atoms with van der Waals surface area (Å²) in [4.78, 5) is 52.5. The van der Waals surface area contributed by atoms with E-state index in [1.54, 1.807) is 25.4 Å². The maximum absolute atomic E-state index is 12.3. The van der Waals surface area contributed by atoms with E-state index in [0.29, 0.717) is 23.4 Å². The third kappa shape index (κ3) is 5.13. The second kappa shape index (κ2) is 9.07. The Morgan fingerprint density at radius 2 is 1.78 bits per heavy atom. The normalized spacial score (nSPS) is 11.7. The SMILES string of the molecule is CN(Cc1cnc2nc(N)nc(N)c2n1)c1ccc(C(=O)N[C@@H](CC(=O)O)C(=O)O)cc1. The molecular weight excluding hydrogens is 420 g/mol.